The van der Waals surface area contributed by atoms with E-state index >= 15 is 0 Å². The molecule has 28 heavy (non-hydrogen) atoms. The summed E-state index contributed by atoms with van der Waals surface area (Å²) in [7, 11) is -3.63. The topological polar surface area (TPSA) is 95.6 Å². The lowest BCUT2D eigenvalue weighted by Gasteiger charge is -2.15. The molecule has 0 saturated carbocycles. The van der Waals surface area contributed by atoms with Crippen molar-refractivity contribution in [3.63, 3.8) is 0 Å². The molecule has 0 unspecified atom stereocenters. The molecular weight excluding hydrogens is 378 g/mol. The van der Waals surface area contributed by atoms with Crippen LogP contribution in [-0.2, 0) is 21.2 Å². The maximum Gasteiger partial charge on any atom is 0.255 e. The molecule has 1 aliphatic rings. The lowest BCUT2D eigenvalue weighted by molar-refractivity contribution is -0.116. The zero-order valence-electron chi connectivity index (χ0n) is 15.4. The normalized spacial score (nSPS) is 13.1. The van der Waals surface area contributed by atoms with Crippen LogP contribution in [0.5, 0.6) is 0 Å². The maximum atomic E-state index is 12.5. The number of hydrogen-bond donors (Lipinski definition) is 2. The van der Waals surface area contributed by atoms with Gasteiger partial charge in [-0.2, -0.15) is 0 Å². The number of carbonyl (C=O) groups is 2. The lowest BCUT2D eigenvalue weighted by atomic mass is 10.1. The second-order valence-corrected chi connectivity index (χ2v) is 8.15. The first-order valence-corrected chi connectivity index (χ1v) is 10.2. The molecule has 0 saturated heterocycles. The van der Waals surface area contributed by atoms with Crippen molar-refractivity contribution in [1.82, 2.24) is 4.72 Å². The Labute approximate surface area is 164 Å². The van der Waals surface area contributed by atoms with E-state index in [2.05, 4.69) is 16.6 Å². The molecule has 0 atom stereocenters. The van der Waals surface area contributed by atoms with E-state index < -0.39 is 10.0 Å². The van der Waals surface area contributed by atoms with Gasteiger partial charge in [-0.25, -0.2) is 13.1 Å². The van der Waals surface area contributed by atoms with Crippen molar-refractivity contribution in [2.24, 2.45) is 0 Å². The monoisotopic (exact) mass is 399 g/mol. The highest BCUT2D eigenvalue weighted by molar-refractivity contribution is 7.89. The molecular formula is C20H21N3O4S. The Bertz CT molecular complexity index is 1030. The number of hydrogen-bond acceptors (Lipinski definition) is 4. The van der Waals surface area contributed by atoms with Crippen LogP contribution in [0, 0.1) is 0 Å². The molecule has 7 nitrogen and oxygen atoms in total. The fourth-order valence-corrected chi connectivity index (χ4v) is 4.05. The van der Waals surface area contributed by atoms with E-state index in [1.165, 1.54) is 37.3 Å². The van der Waals surface area contributed by atoms with Crippen LogP contribution in [-0.4, -0.2) is 33.3 Å². The number of amides is 2. The van der Waals surface area contributed by atoms with E-state index in [9.17, 15) is 18.0 Å². The molecule has 2 aromatic carbocycles. The van der Waals surface area contributed by atoms with Crippen LogP contribution in [0.25, 0.3) is 0 Å². The van der Waals surface area contributed by atoms with Crippen LogP contribution >= 0.6 is 0 Å². The summed E-state index contributed by atoms with van der Waals surface area (Å²) in [4.78, 5) is 25.9. The Morgan fingerprint density at radius 1 is 1.18 bits per heavy atom. The zero-order valence-corrected chi connectivity index (χ0v) is 16.3. The number of fused-ring (bicyclic) bond motifs is 1. The van der Waals surface area contributed by atoms with Gasteiger partial charge in [0.25, 0.3) is 5.91 Å². The smallest absolute Gasteiger partial charge is 0.255 e. The molecule has 2 aromatic rings. The van der Waals surface area contributed by atoms with Gasteiger partial charge in [-0.3, -0.25) is 9.59 Å². The van der Waals surface area contributed by atoms with E-state index in [-0.39, 0.29) is 23.3 Å². The van der Waals surface area contributed by atoms with Gasteiger partial charge in [0.15, 0.2) is 0 Å². The maximum absolute atomic E-state index is 12.5. The van der Waals surface area contributed by atoms with Crippen molar-refractivity contribution in [2.75, 3.05) is 23.3 Å². The summed E-state index contributed by atoms with van der Waals surface area (Å²) < 4.78 is 26.5. The third-order valence-electron chi connectivity index (χ3n) is 4.46. The Balaban J connectivity index is 1.72. The number of anilines is 2. The van der Waals surface area contributed by atoms with Crippen molar-refractivity contribution in [1.29, 1.82) is 0 Å². The van der Waals surface area contributed by atoms with Gasteiger partial charge in [0.05, 0.1) is 4.90 Å². The molecule has 8 heteroatoms. The average Bonchev–Trinajstić information content (AvgIpc) is 3.10. The van der Waals surface area contributed by atoms with Crippen LogP contribution < -0.4 is 14.9 Å². The van der Waals surface area contributed by atoms with Crippen molar-refractivity contribution in [2.45, 2.75) is 18.2 Å². The third kappa shape index (κ3) is 4.13. The second-order valence-electron chi connectivity index (χ2n) is 6.38. The standard InChI is InChI=1S/C20H21N3O4S/c1-3-11-21-28(26,27)18-7-4-15(5-8-18)20(25)22-17-6-9-19-16(13-17)10-12-23(19)14(2)24/h3-9,13,21H,1,10-12H2,2H3,(H,22,25). The van der Waals surface area contributed by atoms with Gasteiger partial charge < -0.3 is 10.2 Å². The van der Waals surface area contributed by atoms with E-state index in [0.717, 1.165) is 17.7 Å². The zero-order chi connectivity index (χ0) is 20.3. The molecule has 1 heterocycles. The molecule has 0 bridgehead atoms. The number of nitrogens with one attached hydrogen (secondary N) is 2. The van der Waals surface area contributed by atoms with Crippen LogP contribution in [0.4, 0.5) is 11.4 Å². The quantitative estimate of drug-likeness (QED) is 0.729. The second kappa shape index (κ2) is 7.95. The van der Waals surface area contributed by atoms with Crippen molar-refractivity contribution >= 4 is 33.2 Å². The minimum absolute atomic E-state index is 0.00634. The number of nitrogens with zero attached hydrogens (tertiary/aromatic N) is 1. The Hall–Kier alpha value is -2.97. The average molecular weight is 399 g/mol. The number of rotatable bonds is 6. The molecule has 0 fully saturated rings. The Morgan fingerprint density at radius 3 is 2.54 bits per heavy atom. The van der Waals surface area contributed by atoms with Crippen molar-refractivity contribution in [3.8, 4) is 0 Å². The van der Waals surface area contributed by atoms with Crippen LogP contribution in [0.3, 0.4) is 0 Å². The van der Waals surface area contributed by atoms with Crippen molar-refractivity contribution < 1.29 is 18.0 Å². The summed E-state index contributed by atoms with van der Waals surface area (Å²) in [5, 5.41) is 2.80. The molecule has 146 valence electrons. The number of carbonyl (C=O) groups excluding carboxylic acids is 2. The molecule has 0 aliphatic carbocycles. The van der Waals surface area contributed by atoms with Gasteiger partial charge in [0, 0.05) is 37.0 Å². The third-order valence-corrected chi connectivity index (χ3v) is 5.90. The fraction of sp³-hybridized carbons (Fsp3) is 0.200. The SMILES string of the molecule is C=CCNS(=O)(=O)c1ccc(C(=O)Nc2ccc3c(c2)CCN3C(C)=O)cc1. The van der Waals surface area contributed by atoms with Crippen LogP contribution in [0.1, 0.15) is 22.8 Å². The van der Waals surface area contributed by atoms with Gasteiger partial charge in [-0.1, -0.05) is 6.08 Å². The Kier molecular flexibility index (Phi) is 5.62. The van der Waals surface area contributed by atoms with Gasteiger partial charge >= 0.3 is 0 Å². The summed E-state index contributed by atoms with van der Waals surface area (Å²) in [6.07, 6.45) is 2.19. The summed E-state index contributed by atoms with van der Waals surface area (Å²) in [5.41, 5.74) is 2.84. The lowest BCUT2D eigenvalue weighted by Crippen LogP contribution is -2.25. The molecule has 0 aromatic heterocycles. The molecule has 2 N–H and O–H groups in total. The van der Waals surface area contributed by atoms with E-state index in [0.29, 0.717) is 17.8 Å². The van der Waals surface area contributed by atoms with Crippen molar-refractivity contribution in [3.05, 3.63) is 66.2 Å². The van der Waals surface area contributed by atoms with E-state index in [4.69, 9.17) is 0 Å². The van der Waals surface area contributed by atoms with Crippen LogP contribution in [0.15, 0.2) is 60.0 Å². The molecule has 2 amide bonds. The largest absolute Gasteiger partial charge is 0.322 e. The van der Waals surface area contributed by atoms with Gasteiger partial charge in [0.2, 0.25) is 15.9 Å². The van der Waals surface area contributed by atoms with Crippen LogP contribution in [0.2, 0.25) is 0 Å². The summed E-state index contributed by atoms with van der Waals surface area (Å²) in [6.45, 7) is 5.76. The number of benzene rings is 2. The summed E-state index contributed by atoms with van der Waals surface area (Å²) >= 11 is 0. The molecule has 0 spiro atoms. The first-order valence-electron chi connectivity index (χ1n) is 8.75. The highest BCUT2D eigenvalue weighted by Crippen LogP contribution is 2.30. The highest BCUT2D eigenvalue weighted by atomic mass is 32.2. The van der Waals surface area contributed by atoms with E-state index in [1.54, 1.807) is 11.0 Å². The minimum Gasteiger partial charge on any atom is -0.322 e. The Morgan fingerprint density at radius 2 is 1.89 bits per heavy atom. The highest BCUT2D eigenvalue weighted by Gasteiger charge is 2.22. The molecule has 0 radical (unpaired) electrons. The first kappa shape index (κ1) is 19.8. The minimum atomic E-state index is -3.63. The van der Waals surface area contributed by atoms with E-state index in [1.807, 2.05) is 12.1 Å². The molecule has 3 rings (SSSR count). The summed E-state index contributed by atoms with van der Waals surface area (Å²) in [5.74, 6) is -0.350. The van der Waals surface area contributed by atoms with Gasteiger partial charge in [-0.15, -0.1) is 6.58 Å². The van der Waals surface area contributed by atoms with Gasteiger partial charge in [-0.05, 0) is 54.4 Å². The predicted octanol–water partition coefficient (Wildman–Crippen LogP) is 2.31. The number of sulfonamides is 1. The fourth-order valence-electron chi connectivity index (χ4n) is 3.05. The van der Waals surface area contributed by atoms with Gasteiger partial charge in [0.1, 0.15) is 0 Å². The first-order chi connectivity index (χ1) is 13.3. The predicted molar refractivity (Wildman–Crippen MR) is 108 cm³/mol. The summed E-state index contributed by atoms with van der Waals surface area (Å²) in [6, 6.07) is 11.1. The molecule has 1 aliphatic heterocycles.